The summed E-state index contributed by atoms with van der Waals surface area (Å²) < 4.78 is 0. The topological polar surface area (TPSA) is 67.6 Å². The lowest BCUT2D eigenvalue weighted by molar-refractivity contribution is -0.165. The number of hydrogen-bond acceptors (Lipinski definition) is 4. The number of rotatable bonds is 3. The highest BCUT2D eigenvalue weighted by atomic mass is 35.5. The van der Waals surface area contributed by atoms with Crippen molar-refractivity contribution in [2.24, 2.45) is 11.3 Å². The third-order valence-corrected chi connectivity index (χ3v) is 3.32. The Hall–Kier alpha value is -1.01. The molecule has 0 unspecified atom stereocenters. The maximum Gasteiger partial charge on any atom is 0.254 e. The van der Waals surface area contributed by atoms with Crippen LogP contribution in [0.1, 0.15) is 19.4 Å². The predicted molar refractivity (Wildman–Crippen MR) is 76.8 cm³/mol. The molecule has 1 aliphatic heterocycles. The van der Waals surface area contributed by atoms with Crippen molar-refractivity contribution < 1.29 is 9.63 Å². The monoisotopic (exact) mass is 305 g/mol. The van der Waals surface area contributed by atoms with Crippen LogP contribution in [0.3, 0.4) is 0 Å². The number of nitrogens with one attached hydrogen (secondary N) is 1. The zero-order valence-electron chi connectivity index (χ0n) is 10.8. The SMILES string of the molecule is CC1(C)CON(Cc2c(Cl)cccc2NN)C1=O.Cl. The summed E-state index contributed by atoms with van der Waals surface area (Å²) in [6.07, 6.45) is 0. The molecule has 1 amide bonds. The van der Waals surface area contributed by atoms with E-state index < -0.39 is 5.41 Å². The van der Waals surface area contributed by atoms with Crippen molar-refractivity contribution in [1.29, 1.82) is 0 Å². The molecule has 1 heterocycles. The van der Waals surface area contributed by atoms with Gasteiger partial charge in [-0.1, -0.05) is 17.7 Å². The summed E-state index contributed by atoms with van der Waals surface area (Å²) in [5, 5.41) is 1.88. The van der Waals surface area contributed by atoms with Crippen LogP contribution in [0.15, 0.2) is 18.2 Å². The first-order chi connectivity index (χ1) is 8.45. The van der Waals surface area contributed by atoms with E-state index in [-0.39, 0.29) is 24.9 Å². The van der Waals surface area contributed by atoms with Crippen LogP contribution in [0.5, 0.6) is 0 Å². The van der Waals surface area contributed by atoms with Crippen molar-refractivity contribution in [2.75, 3.05) is 12.0 Å². The predicted octanol–water partition coefficient (Wildman–Crippen LogP) is 2.35. The number of amides is 1. The molecule has 2 rings (SSSR count). The van der Waals surface area contributed by atoms with Gasteiger partial charge in [-0.3, -0.25) is 15.5 Å². The molecule has 0 atom stereocenters. The minimum absolute atomic E-state index is 0. The van der Waals surface area contributed by atoms with Gasteiger partial charge in [-0.15, -0.1) is 12.4 Å². The van der Waals surface area contributed by atoms with Crippen molar-refractivity contribution in [3.05, 3.63) is 28.8 Å². The summed E-state index contributed by atoms with van der Waals surface area (Å²) in [6.45, 7) is 4.36. The lowest BCUT2D eigenvalue weighted by Crippen LogP contribution is -2.30. The Morgan fingerprint density at radius 1 is 1.53 bits per heavy atom. The molecule has 0 spiro atoms. The van der Waals surface area contributed by atoms with Gasteiger partial charge in [0, 0.05) is 10.6 Å². The summed E-state index contributed by atoms with van der Waals surface area (Å²) in [4.78, 5) is 17.4. The summed E-state index contributed by atoms with van der Waals surface area (Å²) in [5.74, 6) is 5.38. The molecule has 1 aromatic rings. The van der Waals surface area contributed by atoms with Crippen LogP contribution in [0.25, 0.3) is 0 Å². The number of halogens is 2. The van der Waals surface area contributed by atoms with Crippen LogP contribution in [0.2, 0.25) is 5.02 Å². The molecular weight excluding hydrogens is 289 g/mol. The fourth-order valence-corrected chi connectivity index (χ4v) is 2.05. The summed E-state index contributed by atoms with van der Waals surface area (Å²) in [6, 6.07) is 5.34. The van der Waals surface area contributed by atoms with E-state index in [4.69, 9.17) is 22.3 Å². The molecule has 0 saturated carbocycles. The third kappa shape index (κ3) is 3.12. The van der Waals surface area contributed by atoms with Gasteiger partial charge in [-0.2, -0.15) is 0 Å². The number of carbonyl (C=O) groups excluding carboxylic acids is 1. The first-order valence-electron chi connectivity index (χ1n) is 5.64. The Labute approximate surface area is 123 Å². The summed E-state index contributed by atoms with van der Waals surface area (Å²) >= 11 is 6.12. The number of nitrogens with two attached hydrogens (primary N) is 1. The number of benzene rings is 1. The minimum atomic E-state index is -0.489. The van der Waals surface area contributed by atoms with Crippen LogP contribution in [0.4, 0.5) is 5.69 Å². The number of nitrogens with zero attached hydrogens (tertiary/aromatic N) is 1. The molecule has 0 radical (unpaired) electrons. The molecule has 1 aromatic carbocycles. The second kappa shape index (κ2) is 5.96. The lowest BCUT2D eigenvalue weighted by Gasteiger charge is -2.19. The molecule has 0 aliphatic carbocycles. The van der Waals surface area contributed by atoms with Gasteiger partial charge in [0.05, 0.1) is 24.3 Å². The van der Waals surface area contributed by atoms with Crippen LogP contribution in [-0.2, 0) is 16.2 Å². The summed E-state index contributed by atoms with van der Waals surface area (Å²) in [5.41, 5.74) is 3.51. The van der Waals surface area contributed by atoms with Crippen molar-refractivity contribution >= 4 is 35.6 Å². The average molecular weight is 306 g/mol. The van der Waals surface area contributed by atoms with Crippen molar-refractivity contribution in [2.45, 2.75) is 20.4 Å². The molecular formula is C12H17Cl2N3O2. The first kappa shape index (κ1) is 16.0. The van der Waals surface area contributed by atoms with Gasteiger partial charge < -0.3 is 5.43 Å². The van der Waals surface area contributed by atoms with Crippen molar-refractivity contribution in [3.63, 3.8) is 0 Å². The minimum Gasteiger partial charge on any atom is -0.324 e. The standard InChI is InChI=1S/C12H16ClN3O2.ClH/c1-12(2)7-18-16(11(12)17)6-8-9(13)4-3-5-10(8)15-14;/h3-5,15H,6-7,14H2,1-2H3;1H. The highest BCUT2D eigenvalue weighted by molar-refractivity contribution is 6.31. The first-order valence-corrected chi connectivity index (χ1v) is 6.02. The molecule has 1 saturated heterocycles. The molecule has 7 heteroatoms. The van der Waals surface area contributed by atoms with Gasteiger partial charge in [0.2, 0.25) is 0 Å². The summed E-state index contributed by atoms with van der Waals surface area (Å²) in [7, 11) is 0. The van der Waals surface area contributed by atoms with E-state index in [0.29, 0.717) is 17.3 Å². The Morgan fingerprint density at radius 2 is 2.21 bits per heavy atom. The normalized spacial score (nSPS) is 17.3. The van der Waals surface area contributed by atoms with E-state index >= 15 is 0 Å². The molecule has 106 valence electrons. The van der Waals surface area contributed by atoms with Gasteiger partial charge in [0.1, 0.15) is 0 Å². The zero-order chi connectivity index (χ0) is 13.3. The van der Waals surface area contributed by atoms with Crippen molar-refractivity contribution in [3.8, 4) is 0 Å². The second-order valence-electron chi connectivity index (χ2n) is 4.91. The van der Waals surface area contributed by atoms with Crippen LogP contribution < -0.4 is 11.3 Å². The molecule has 0 aromatic heterocycles. The molecule has 19 heavy (non-hydrogen) atoms. The number of hydroxylamine groups is 2. The highest BCUT2D eigenvalue weighted by Crippen LogP contribution is 2.31. The van der Waals surface area contributed by atoms with Crippen molar-refractivity contribution in [1.82, 2.24) is 5.06 Å². The number of carbonyl (C=O) groups is 1. The fourth-order valence-electron chi connectivity index (χ4n) is 1.81. The van der Waals surface area contributed by atoms with Gasteiger partial charge in [-0.05, 0) is 26.0 Å². The maximum absolute atomic E-state index is 12.0. The Balaban J connectivity index is 0.00000180. The average Bonchev–Trinajstić information content (AvgIpc) is 2.58. The van der Waals surface area contributed by atoms with Gasteiger partial charge >= 0.3 is 0 Å². The van der Waals surface area contributed by atoms with Crippen LogP contribution in [0, 0.1) is 5.41 Å². The highest BCUT2D eigenvalue weighted by Gasteiger charge is 2.40. The zero-order valence-corrected chi connectivity index (χ0v) is 12.3. The molecule has 1 aliphatic rings. The second-order valence-corrected chi connectivity index (χ2v) is 5.32. The number of nitrogen functional groups attached to an aromatic ring is 1. The van der Waals surface area contributed by atoms with E-state index in [1.54, 1.807) is 18.2 Å². The quantitative estimate of drug-likeness (QED) is 0.664. The lowest BCUT2D eigenvalue weighted by atomic mass is 9.95. The van der Waals surface area contributed by atoms with Gasteiger partial charge in [0.25, 0.3) is 5.91 Å². The maximum atomic E-state index is 12.0. The molecule has 0 bridgehead atoms. The molecule has 1 fully saturated rings. The van der Waals surface area contributed by atoms with Crippen LogP contribution in [-0.4, -0.2) is 17.6 Å². The van der Waals surface area contributed by atoms with E-state index in [2.05, 4.69) is 5.43 Å². The molecule has 5 nitrogen and oxygen atoms in total. The van der Waals surface area contributed by atoms with E-state index in [9.17, 15) is 4.79 Å². The largest absolute Gasteiger partial charge is 0.324 e. The van der Waals surface area contributed by atoms with Gasteiger partial charge in [-0.25, -0.2) is 5.06 Å². The van der Waals surface area contributed by atoms with E-state index in [1.807, 2.05) is 13.8 Å². The third-order valence-electron chi connectivity index (χ3n) is 2.96. The smallest absolute Gasteiger partial charge is 0.254 e. The van der Waals surface area contributed by atoms with Gasteiger partial charge in [0.15, 0.2) is 0 Å². The van der Waals surface area contributed by atoms with E-state index in [0.717, 1.165) is 5.56 Å². The van der Waals surface area contributed by atoms with Crippen LogP contribution >= 0.6 is 24.0 Å². The van der Waals surface area contributed by atoms with E-state index in [1.165, 1.54) is 5.06 Å². The number of anilines is 1. The molecule has 3 N–H and O–H groups in total. The number of hydrogen-bond donors (Lipinski definition) is 2. The Morgan fingerprint density at radius 3 is 2.74 bits per heavy atom. The Kier molecular flexibility index (Phi) is 5.04. The Bertz CT molecular complexity index is 480. The fraction of sp³-hybridized carbons (Fsp3) is 0.417. The number of hydrazine groups is 1.